The second-order valence-electron chi connectivity index (χ2n) is 6.87. The monoisotopic (exact) mass is 249 g/mol. The molecule has 18 heavy (non-hydrogen) atoms. The number of Topliss-reactive ketones (excluding diaryl/α,β-unsaturated/α-hetero) is 1. The number of carbonyl (C=O) groups excluding carboxylic acids is 1. The molecule has 4 atom stereocenters. The van der Waals surface area contributed by atoms with E-state index in [9.17, 15) is 4.79 Å². The zero-order valence-corrected chi connectivity index (χ0v) is 11.0. The van der Waals surface area contributed by atoms with Crippen molar-refractivity contribution in [2.24, 2.45) is 11.8 Å². The second-order valence-corrected chi connectivity index (χ2v) is 6.87. The van der Waals surface area contributed by atoms with E-state index in [1.807, 2.05) is 0 Å². The van der Waals surface area contributed by atoms with Gasteiger partial charge in [-0.05, 0) is 51.4 Å². The molecule has 0 aromatic carbocycles. The summed E-state index contributed by atoms with van der Waals surface area (Å²) in [6, 6.07) is 1.14. The third-order valence-corrected chi connectivity index (χ3v) is 5.83. The summed E-state index contributed by atoms with van der Waals surface area (Å²) in [5, 5.41) is 3.59. The second kappa shape index (κ2) is 4.04. The van der Waals surface area contributed by atoms with Gasteiger partial charge in [-0.25, -0.2) is 0 Å². The Bertz CT molecular complexity index is 364. The normalized spacial score (nSPS) is 45.1. The quantitative estimate of drug-likeness (QED) is 0.814. The van der Waals surface area contributed by atoms with E-state index in [1.165, 1.54) is 32.1 Å². The number of rotatable bonds is 2. The number of nitrogens with one attached hydrogen (secondary N) is 1. The molecule has 3 heteroatoms. The van der Waals surface area contributed by atoms with Gasteiger partial charge in [-0.15, -0.1) is 0 Å². The highest BCUT2D eigenvalue weighted by Gasteiger charge is 2.49. The molecule has 100 valence electrons. The summed E-state index contributed by atoms with van der Waals surface area (Å²) in [5.74, 6) is 1.18. The molecule has 1 saturated carbocycles. The van der Waals surface area contributed by atoms with Crippen LogP contribution in [0.4, 0.5) is 0 Å². The Hall–Kier alpha value is -0.410. The topological polar surface area (TPSA) is 38.3 Å². The average molecular weight is 249 g/mol. The van der Waals surface area contributed by atoms with Crippen LogP contribution in [0.1, 0.15) is 51.4 Å². The number of ether oxygens (including phenoxy) is 1. The molecular formula is C15H23NO2. The Kier molecular flexibility index (Phi) is 2.56. The van der Waals surface area contributed by atoms with Crippen LogP contribution in [0.15, 0.2) is 0 Å². The van der Waals surface area contributed by atoms with Crippen LogP contribution in [0, 0.1) is 11.8 Å². The first-order valence-corrected chi connectivity index (χ1v) is 7.70. The number of carbonyl (C=O) groups is 1. The fourth-order valence-electron chi connectivity index (χ4n) is 4.63. The van der Waals surface area contributed by atoms with E-state index >= 15 is 0 Å². The molecule has 2 bridgehead atoms. The summed E-state index contributed by atoms with van der Waals surface area (Å²) in [7, 11) is 0. The molecule has 3 saturated heterocycles. The van der Waals surface area contributed by atoms with E-state index in [0.29, 0.717) is 29.7 Å². The number of ketones is 1. The molecule has 4 aliphatic rings. The van der Waals surface area contributed by atoms with Gasteiger partial charge in [-0.2, -0.15) is 0 Å². The molecule has 0 aromatic heterocycles. The first-order valence-electron chi connectivity index (χ1n) is 7.70. The SMILES string of the molecule is O=C(C1CCOC2(CCC2)C1)C1CC2CCC1N2. The Morgan fingerprint density at radius 2 is 2.11 bits per heavy atom. The Labute approximate surface area is 109 Å². The van der Waals surface area contributed by atoms with E-state index in [1.54, 1.807) is 0 Å². The van der Waals surface area contributed by atoms with Crippen molar-refractivity contribution in [1.82, 2.24) is 5.32 Å². The summed E-state index contributed by atoms with van der Waals surface area (Å²) in [6.07, 6.45) is 9.25. The molecule has 4 unspecified atom stereocenters. The van der Waals surface area contributed by atoms with Crippen molar-refractivity contribution >= 4 is 5.78 Å². The van der Waals surface area contributed by atoms with Crippen LogP contribution < -0.4 is 5.32 Å². The van der Waals surface area contributed by atoms with Gasteiger partial charge in [0.15, 0.2) is 0 Å². The van der Waals surface area contributed by atoms with Crippen LogP contribution in [-0.4, -0.2) is 30.1 Å². The molecule has 0 amide bonds. The first-order chi connectivity index (χ1) is 8.76. The number of fused-ring (bicyclic) bond motifs is 2. The van der Waals surface area contributed by atoms with Crippen LogP contribution in [-0.2, 0) is 9.53 Å². The van der Waals surface area contributed by atoms with Crippen molar-refractivity contribution in [2.45, 2.75) is 69.1 Å². The van der Waals surface area contributed by atoms with Crippen molar-refractivity contribution in [1.29, 1.82) is 0 Å². The molecular weight excluding hydrogens is 226 g/mol. The maximum Gasteiger partial charge on any atom is 0.140 e. The molecule has 4 rings (SSSR count). The van der Waals surface area contributed by atoms with Crippen LogP contribution in [0.25, 0.3) is 0 Å². The van der Waals surface area contributed by atoms with Crippen molar-refractivity contribution < 1.29 is 9.53 Å². The minimum absolute atomic E-state index is 0.115. The first kappa shape index (κ1) is 11.4. The lowest BCUT2D eigenvalue weighted by atomic mass is 9.69. The largest absolute Gasteiger partial charge is 0.375 e. The highest BCUT2D eigenvalue weighted by Crippen LogP contribution is 2.46. The van der Waals surface area contributed by atoms with Crippen molar-refractivity contribution in [2.75, 3.05) is 6.61 Å². The van der Waals surface area contributed by atoms with Gasteiger partial charge < -0.3 is 10.1 Å². The van der Waals surface area contributed by atoms with E-state index in [2.05, 4.69) is 5.32 Å². The lowest BCUT2D eigenvalue weighted by Crippen LogP contribution is -2.48. The summed E-state index contributed by atoms with van der Waals surface area (Å²) in [6.45, 7) is 0.810. The molecule has 1 aliphatic carbocycles. The van der Waals surface area contributed by atoms with Crippen LogP contribution in [0.5, 0.6) is 0 Å². The maximum atomic E-state index is 12.7. The molecule has 1 spiro atoms. The molecule has 3 aliphatic heterocycles. The number of hydrogen-bond donors (Lipinski definition) is 1. The van der Waals surface area contributed by atoms with Crippen molar-refractivity contribution in [3.05, 3.63) is 0 Å². The molecule has 1 N–H and O–H groups in total. The van der Waals surface area contributed by atoms with Crippen molar-refractivity contribution in [3.63, 3.8) is 0 Å². The zero-order valence-electron chi connectivity index (χ0n) is 11.0. The highest BCUT2D eigenvalue weighted by molar-refractivity contribution is 5.85. The summed E-state index contributed by atoms with van der Waals surface area (Å²) < 4.78 is 5.94. The van der Waals surface area contributed by atoms with Crippen LogP contribution in [0.2, 0.25) is 0 Å². The van der Waals surface area contributed by atoms with Crippen LogP contribution >= 0.6 is 0 Å². The van der Waals surface area contributed by atoms with E-state index < -0.39 is 0 Å². The summed E-state index contributed by atoms with van der Waals surface area (Å²) in [4.78, 5) is 12.7. The highest BCUT2D eigenvalue weighted by atomic mass is 16.5. The van der Waals surface area contributed by atoms with Gasteiger partial charge in [0, 0.05) is 30.5 Å². The Morgan fingerprint density at radius 3 is 2.72 bits per heavy atom. The van der Waals surface area contributed by atoms with Gasteiger partial charge in [0.2, 0.25) is 0 Å². The molecule has 0 aromatic rings. The molecule has 3 nitrogen and oxygen atoms in total. The average Bonchev–Trinajstić information content (AvgIpc) is 2.98. The van der Waals surface area contributed by atoms with Gasteiger partial charge >= 0.3 is 0 Å². The lowest BCUT2D eigenvalue weighted by molar-refractivity contribution is -0.158. The smallest absolute Gasteiger partial charge is 0.140 e. The molecule has 4 fully saturated rings. The lowest BCUT2D eigenvalue weighted by Gasteiger charge is -2.47. The number of hydrogen-bond acceptors (Lipinski definition) is 3. The van der Waals surface area contributed by atoms with E-state index in [-0.39, 0.29) is 5.60 Å². The maximum absolute atomic E-state index is 12.7. The molecule has 0 radical (unpaired) electrons. The minimum Gasteiger partial charge on any atom is -0.375 e. The summed E-state index contributed by atoms with van der Waals surface area (Å²) >= 11 is 0. The fraction of sp³-hybridized carbons (Fsp3) is 0.933. The third-order valence-electron chi connectivity index (χ3n) is 5.83. The Morgan fingerprint density at radius 1 is 1.22 bits per heavy atom. The van der Waals surface area contributed by atoms with E-state index in [4.69, 9.17) is 4.74 Å². The van der Waals surface area contributed by atoms with Gasteiger partial charge in [0.25, 0.3) is 0 Å². The summed E-state index contributed by atoms with van der Waals surface area (Å²) in [5.41, 5.74) is 0.115. The predicted molar refractivity (Wildman–Crippen MR) is 68.3 cm³/mol. The van der Waals surface area contributed by atoms with Gasteiger partial charge in [-0.3, -0.25) is 4.79 Å². The van der Waals surface area contributed by atoms with Crippen molar-refractivity contribution in [3.8, 4) is 0 Å². The standard InChI is InChI=1S/C15H23NO2/c17-14(12-8-11-2-3-13(12)16-11)10-4-7-18-15(9-10)5-1-6-15/h10-13,16H,1-9H2. The van der Waals surface area contributed by atoms with E-state index in [0.717, 1.165) is 25.9 Å². The van der Waals surface area contributed by atoms with Gasteiger partial charge in [0.05, 0.1) is 5.60 Å². The third kappa shape index (κ3) is 1.67. The Balaban J connectivity index is 1.44. The van der Waals surface area contributed by atoms with Gasteiger partial charge in [-0.1, -0.05) is 0 Å². The fourth-order valence-corrected chi connectivity index (χ4v) is 4.63. The van der Waals surface area contributed by atoms with Crippen LogP contribution in [0.3, 0.4) is 0 Å². The zero-order chi connectivity index (χ0) is 12.2. The predicted octanol–water partition coefficient (Wildman–Crippen LogP) is 2.05. The minimum atomic E-state index is 0.115. The molecule has 3 heterocycles. The van der Waals surface area contributed by atoms with Gasteiger partial charge in [0.1, 0.15) is 5.78 Å².